The maximum atomic E-state index is 5.34. The third-order valence-corrected chi connectivity index (χ3v) is 13.1. The van der Waals surface area contributed by atoms with Gasteiger partial charge in [-0.05, 0) is 74.0 Å². The molecule has 0 atom stereocenters. The topological polar surface area (TPSA) is 38.7 Å². The van der Waals surface area contributed by atoms with Gasteiger partial charge >= 0.3 is 0 Å². The van der Waals surface area contributed by atoms with Crippen LogP contribution in [0.3, 0.4) is 0 Å². The van der Waals surface area contributed by atoms with Crippen molar-refractivity contribution in [3.8, 4) is 56.4 Å². The molecule has 0 N–H and O–H groups in total. The highest BCUT2D eigenvalue weighted by molar-refractivity contribution is 7.26. The number of fused-ring (bicyclic) bond motifs is 11. The van der Waals surface area contributed by atoms with Gasteiger partial charge < -0.3 is 0 Å². The van der Waals surface area contributed by atoms with E-state index in [4.69, 9.17) is 15.0 Å². The molecule has 0 aliphatic heterocycles. The first-order valence-corrected chi connectivity index (χ1v) is 19.2. The number of hydrogen-bond acceptors (Lipinski definition) is 4. The van der Waals surface area contributed by atoms with Crippen LogP contribution in [0.15, 0.2) is 140 Å². The highest BCUT2D eigenvalue weighted by Gasteiger charge is 2.39. The zero-order chi connectivity index (χ0) is 35.6. The quantitative estimate of drug-likeness (QED) is 0.184. The molecule has 11 rings (SSSR count). The number of rotatable bonds is 3. The normalized spacial score (nSPS) is 14.7. The fraction of sp³-hybridized carbons (Fsp3) is 0.122. The van der Waals surface area contributed by atoms with E-state index in [0.717, 1.165) is 16.7 Å². The monoisotopic (exact) mass is 697 g/mol. The molecule has 0 radical (unpaired) electrons. The summed E-state index contributed by atoms with van der Waals surface area (Å²) in [5.41, 5.74) is 13.1. The summed E-state index contributed by atoms with van der Waals surface area (Å²) in [7, 11) is 0. The summed E-state index contributed by atoms with van der Waals surface area (Å²) in [5.74, 6) is 2.05. The van der Waals surface area contributed by atoms with E-state index in [1.54, 1.807) is 0 Å². The van der Waals surface area contributed by atoms with E-state index in [-0.39, 0.29) is 10.8 Å². The van der Waals surface area contributed by atoms with Crippen LogP contribution in [0.25, 0.3) is 87.4 Å². The molecule has 9 aromatic rings. The van der Waals surface area contributed by atoms with Crippen LogP contribution in [0.4, 0.5) is 0 Å². The Morgan fingerprint density at radius 1 is 0.415 bits per heavy atom. The lowest BCUT2D eigenvalue weighted by Crippen LogP contribution is -2.15. The van der Waals surface area contributed by atoms with Gasteiger partial charge in [0.15, 0.2) is 17.5 Å². The van der Waals surface area contributed by atoms with Crippen molar-refractivity contribution in [1.29, 1.82) is 0 Å². The number of benzene rings is 7. The average molecular weight is 698 g/mol. The van der Waals surface area contributed by atoms with E-state index in [1.807, 2.05) is 29.5 Å². The zero-order valence-corrected chi connectivity index (χ0v) is 30.8. The minimum Gasteiger partial charge on any atom is -0.208 e. The molecule has 0 saturated carbocycles. The molecule has 0 saturated heterocycles. The van der Waals surface area contributed by atoms with Gasteiger partial charge in [-0.25, -0.2) is 15.0 Å². The molecular formula is C49H35N3S. The number of hydrogen-bond donors (Lipinski definition) is 0. The third-order valence-electron chi connectivity index (χ3n) is 11.9. The first-order valence-electron chi connectivity index (χ1n) is 18.4. The standard InChI is InChI=1S/C49H35N3S/c1-48(2)37-19-12-18-35(42(37)36-25-29-15-8-9-16-30(29)26-40(36)48)47-51-45(28-13-6-5-7-14-28)50-46(52-47)31-21-22-34-39(27-31)49(3,4)38-24-23-33-32-17-10-11-20-41(32)53-44(33)43(34)38/h5-27H,1-4H3. The van der Waals surface area contributed by atoms with E-state index >= 15 is 0 Å². The zero-order valence-electron chi connectivity index (χ0n) is 30.0. The lowest BCUT2D eigenvalue weighted by atomic mass is 9.81. The molecule has 53 heavy (non-hydrogen) atoms. The van der Waals surface area contributed by atoms with Gasteiger partial charge in [-0.2, -0.15) is 0 Å². The van der Waals surface area contributed by atoms with Gasteiger partial charge in [0.1, 0.15) is 0 Å². The van der Waals surface area contributed by atoms with Crippen molar-refractivity contribution in [2.45, 2.75) is 38.5 Å². The van der Waals surface area contributed by atoms with E-state index < -0.39 is 0 Å². The molecule has 2 aliphatic carbocycles. The molecular weight excluding hydrogens is 663 g/mol. The summed E-state index contributed by atoms with van der Waals surface area (Å²) >= 11 is 1.90. The number of aromatic nitrogens is 3. The molecule has 0 amide bonds. The van der Waals surface area contributed by atoms with Gasteiger partial charge in [-0.15, -0.1) is 11.3 Å². The van der Waals surface area contributed by atoms with Crippen molar-refractivity contribution in [2.24, 2.45) is 0 Å². The summed E-state index contributed by atoms with van der Waals surface area (Å²) < 4.78 is 2.70. The first-order chi connectivity index (χ1) is 25.8. The van der Waals surface area contributed by atoms with E-state index in [9.17, 15) is 0 Å². The predicted octanol–water partition coefficient (Wildman–Crippen LogP) is 13.0. The largest absolute Gasteiger partial charge is 0.208 e. The summed E-state index contributed by atoms with van der Waals surface area (Å²) in [4.78, 5) is 15.8. The van der Waals surface area contributed by atoms with Crippen LogP contribution in [-0.2, 0) is 10.8 Å². The fourth-order valence-electron chi connectivity index (χ4n) is 9.14. The third kappa shape index (κ3) is 4.30. The molecule has 3 nitrogen and oxygen atoms in total. The van der Waals surface area contributed by atoms with Crippen LogP contribution in [0.1, 0.15) is 49.9 Å². The maximum absolute atomic E-state index is 5.34. The lowest BCUT2D eigenvalue weighted by Gasteiger charge is -2.22. The van der Waals surface area contributed by atoms with Crippen LogP contribution >= 0.6 is 11.3 Å². The van der Waals surface area contributed by atoms with Gasteiger partial charge in [0, 0.05) is 53.3 Å². The van der Waals surface area contributed by atoms with Gasteiger partial charge in [-0.3, -0.25) is 0 Å². The van der Waals surface area contributed by atoms with Crippen LogP contribution in [0.5, 0.6) is 0 Å². The fourth-order valence-corrected chi connectivity index (χ4v) is 10.4. The Morgan fingerprint density at radius 2 is 1.08 bits per heavy atom. The molecule has 0 spiro atoms. The first kappa shape index (κ1) is 30.6. The summed E-state index contributed by atoms with van der Waals surface area (Å²) in [6, 6.07) is 50.6. The lowest BCUT2D eigenvalue weighted by molar-refractivity contribution is 0.661. The van der Waals surface area contributed by atoms with E-state index in [2.05, 4.69) is 149 Å². The molecule has 7 aromatic carbocycles. The molecule has 0 fully saturated rings. The molecule has 0 unspecified atom stereocenters. The van der Waals surface area contributed by atoms with Crippen molar-refractivity contribution in [3.63, 3.8) is 0 Å². The molecule has 2 heterocycles. The molecule has 252 valence electrons. The smallest absolute Gasteiger partial charge is 0.164 e. The second kappa shape index (κ2) is 10.8. The highest BCUT2D eigenvalue weighted by Crippen LogP contribution is 2.55. The average Bonchev–Trinajstić information content (AvgIpc) is 3.76. The van der Waals surface area contributed by atoms with Gasteiger partial charge in [0.25, 0.3) is 0 Å². The van der Waals surface area contributed by atoms with Crippen molar-refractivity contribution in [2.75, 3.05) is 0 Å². The Morgan fingerprint density at radius 3 is 1.89 bits per heavy atom. The minimum absolute atomic E-state index is 0.163. The Hall–Kier alpha value is -5.97. The maximum Gasteiger partial charge on any atom is 0.164 e. The van der Waals surface area contributed by atoms with Crippen molar-refractivity contribution in [1.82, 2.24) is 15.0 Å². The SMILES string of the molecule is CC1(C)c2cc3ccccc3cc2-c2c(-c3nc(-c4ccccc4)nc(-c4ccc5c(c4)C(C)(C)c4ccc6c(sc7ccccc76)c4-5)n3)cccc21. The molecule has 0 bridgehead atoms. The molecule has 4 heteroatoms. The minimum atomic E-state index is -0.179. The summed E-state index contributed by atoms with van der Waals surface area (Å²) in [6.07, 6.45) is 0. The predicted molar refractivity (Wildman–Crippen MR) is 222 cm³/mol. The van der Waals surface area contributed by atoms with Crippen LogP contribution < -0.4 is 0 Å². The Labute approximate surface area is 312 Å². The van der Waals surface area contributed by atoms with Gasteiger partial charge in [0.05, 0.1) is 0 Å². The Balaban J connectivity index is 1.12. The van der Waals surface area contributed by atoms with E-state index in [0.29, 0.717) is 17.5 Å². The van der Waals surface area contributed by atoms with E-state index in [1.165, 1.54) is 75.5 Å². The second-order valence-electron chi connectivity index (χ2n) is 15.6. The Kier molecular flexibility index (Phi) is 6.23. The van der Waals surface area contributed by atoms with Crippen LogP contribution in [-0.4, -0.2) is 15.0 Å². The van der Waals surface area contributed by atoms with Crippen LogP contribution in [0, 0.1) is 0 Å². The summed E-state index contributed by atoms with van der Waals surface area (Å²) in [5, 5.41) is 5.16. The molecule has 2 aromatic heterocycles. The van der Waals surface area contributed by atoms with Crippen molar-refractivity contribution < 1.29 is 0 Å². The number of nitrogens with zero attached hydrogens (tertiary/aromatic N) is 3. The van der Waals surface area contributed by atoms with Gasteiger partial charge in [-0.1, -0.05) is 143 Å². The van der Waals surface area contributed by atoms with Gasteiger partial charge in [0.2, 0.25) is 0 Å². The Bertz CT molecular complexity index is 3010. The van der Waals surface area contributed by atoms with Crippen molar-refractivity contribution >= 4 is 42.3 Å². The molecule has 2 aliphatic rings. The second-order valence-corrected chi connectivity index (χ2v) is 16.7. The summed E-state index contributed by atoms with van der Waals surface area (Å²) in [6.45, 7) is 9.37. The highest BCUT2D eigenvalue weighted by atomic mass is 32.1. The number of thiophene rings is 1. The van der Waals surface area contributed by atoms with Crippen molar-refractivity contribution in [3.05, 3.63) is 162 Å². The van der Waals surface area contributed by atoms with Crippen LogP contribution in [0.2, 0.25) is 0 Å².